The minimum Gasteiger partial charge on any atom is -0.374 e. The van der Waals surface area contributed by atoms with Crippen LogP contribution >= 0.6 is 11.3 Å². The maximum atomic E-state index is 12.2. The molecule has 1 aliphatic heterocycles. The molecule has 2 nitrogen and oxygen atoms in total. The Morgan fingerprint density at radius 3 is 2.58 bits per heavy atom. The first-order chi connectivity index (χ1) is 11.5. The lowest BCUT2D eigenvalue weighted by atomic mass is 10.1. The average Bonchev–Trinajstić information content (AvgIpc) is 2.90. The normalized spacial score (nSPS) is 13.9. The quantitative estimate of drug-likeness (QED) is 0.779. The Hall–Kier alpha value is -1.65. The first kappa shape index (κ1) is 18.7. The first-order valence-electron chi connectivity index (χ1n) is 8.38. The summed E-state index contributed by atoms with van der Waals surface area (Å²) in [7, 11) is 6.11. The van der Waals surface area contributed by atoms with Gasteiger partial charge < -0.3 is 9.80 Å². The SMILES string of the molecule is CCc1c(CCN(C)C)sc2ccccc12.CN1C=CC=C(F)C1. The fourth-order valence-electron chi connectivity index (χ4n) is 2.70. The van der Waals surface area contributed by atoms with Crippen LogP contribution in [-0.2, 0) is 12.8 Å². The highest BCUT2D eigenvalue weighted by Crippen LogP contribution is 2.31. The third kappa shape index (κ3) is 5.18. The molecule has 0 saturated heterocycles. The summed E-state index contributed by atoms with van der Waals surface area (Å²) < 4.78 is 13.6. The summed E-state index contributed by atoms with van der Waals surface area (Å²) in [6.07, 6.45) is 7.32. The first-order valence-corrected chi connectivity index (χ1v) is 9.20. The fraction of sp³-hybridized carbons (Fsp3) is 0.400. The van der Waals surface area contributed by atoms with E-state index in [9.17, 15) is 4.39 Å². The molecule has 130 valence electrons. The fourth-order valence-corrected chi connectivity index (χ4v) is 3.99. The van der Waals surface area contributed by atoms with Crippen molar-refractivity contribution in [2.75, 3.05) is 34.2 Å². The molecule has 2 heterocycles. The van der Waals surface area contributed by atoms with Crippen molar-refractivity contribution >= 4 is 21.4 Å². The Kier molecular flexibility index (Phi) is 7.00. The summed E-state index contributed by atoms with van der Waals surface area (Å²) in [6.45, 7) is 3.81. The molecular weight excluding hydrogens is 319 g/mol. The predicted octanol–water partition coefficient (Wildman–Crippen LogP) is 4.87. The molecule has 0 unspecified atom stereocenters. The van der Waals surface area contributed by atoms with Crippen LogP contribution in [0.3, 0.4) is 0 Å². The molecule has 0 spiro atoms. The Balaban J connectivity index is 0.000000219. The van der Waals surface area contributed by atoms with Gasteiger partial charge in [0.15, 0.2) is 0 Å². The van der Waals surface area contributed by atoms with E-state index in [0.29, 0.717) is 6.54 Å². The number of rotatable bonds is 4. The molecule has 0 atom stereocenters. The Morgan fingerprint density at radius 2 is 2.00 bits per heavy atom. The van der Waals surface area contributed by atoms with Gasteiger partial charge >= 0.3 is 0 Å². The van der Waals surface area contributed by atoms with E-state index < -0.39 is 0 Å². The lowest BCUT2D eigenvalue weighted by Crippen LogP contribution is -2.15. The highest BCUT2D eigenvalue weighted by molar-refractivity contribution is 7.19. The zero-order valence-corrected chi connectivity index (χ0v) is 15.9. The van der Waals surface area contributed by atoms with Gasteiger partial charge in [0.05, 0.1) is 6.54 Å². The van der Waals surface area contributed by atoms with Crippen molar-refractivity contribution in [3.63, 3.8) is 0 Å². The van der Waals surface area contributed by atoms with Crippen LogP contribution < -0.4 is 0 Å². The largest absolute Gasteiger partial charge is 0.374 e. The number of hydrogen-bond acceptors (Lipinski definition) is 3. The maximum Gasteiger partial charge on any atom is 0.119 e. The van der Waals surface area contributed by atoms with Crippen molar-refractivity contribution in [1.82, 2.24) is 9.80 Å². The van der Waals surface area contributed by atoms with E-state index in [1.807, 2.05) is 24.6 Å². The lowest BCUT2D eigenvalue weighted by Gasteiger charge is -2.14. The molecule has 0 radical (unpaired) electrons. The van der Waals surface area contributed by atoms with Crippen LogP contribution in [0.25, 0.3) is 10.1 Å². The van der Waals surface area contributed by atoms with Crippen LogP contribution in [-0.4, -0.2) is 44.0 Å². The van der Waals surface area contributed by atoms with E-state index in [-0.39, 0.29) is 5.83 Å². The second kappa shape index (κ2) is 9.00. The van der Waals surface area contributed by atoms with Crippen molar-refractivity contribution in [2.45, 2.75) is 19.8 Å². The van der Waals surface area contributed by atoms with Crippen LogP contribution in [0, 0.1) is 0 Å². The van der Waals surface area contributed by atoms with E-state index in [1.54, 1.807) is 21.4 Å². The van der Waals surface area contributed by atoms with Crippen molar-refractivity contribution in [1.29, 1.82) is 0 Å². The van der Waals surface area contributed by atoms with E-state index in [1.165, 1.54) is 22.6 Å². The van der Waals surface area contributed by atoms with Crippen LogP contribution in [0.4, 0.5) is 4.39 Å². The van der Waals surface area contributed by atoms with Gasteiger partial charge in [0.25, 0.3) is 0 Å². The van der Waals surface area contributed by atoms with E-state index in [0.717, 1.165) is 13.0 Å². The van der Waals surface area contributed by atoms with Gasteiger partial charge in [-0.25, -0.2) is 4.39 Å². The molecular formula is C20H27FN2S. The number of thiophene rings is 1. The predicted molar refractivity (Wildman–Crippen MR) is 104 cm³/mol. The summed E-state index contributed by atoms with van der Waals surface area (Å²) in [6, 6.07) is 8.76. The minimum atomic E-state index is -0.0741. The van der Waals surface area contributed by atoms with Crippen molar-refractivity contribution in [2.24, 2.45) is 0 Å². The molecule has 0 amide bonds. The van der Waals surface area contributed by atoms with Crippen molar-refractivity contribution in [3.05, 3.63) is 58.9 Å². The van der Waals surface area contributed by atoms with Crippen LogP contribution in [0.1, 0.15) is 17.4 Å². The van der Waals surface area contributed by atoms with E-state index in [2.05, 4.69) is 50.2 Å². The smallest absolute Gasteiger partial charge is 0.119 e. The molecule has 0 fully saturated rings. The molecule has 2 aromatic rings. The number of benzene rings is 1. The standard InChI is InChI=1S/C14H19NS.C6H8FN/c1-4-11-12-7-5-6-8-13(12)16-14(11)9-10-15(2)3;1-8-4-2-3-6(7)5-8/h5-8H,4,9-10H2,1-3H3;2-4H,5H2,1H3. The molecule has 1 aromatic heterocycles. The number of likely N-dealkylation sites (N-methyl/N-ethyl adjacent to an activating group) is 2. The molecule has 0 N–H and O–H groups in total. The van der Waals surface area contributed by atoms with Gasteiger partial charge in [-0.2, -0.15) is 0 Å². The van der Waals surface area contributed by atoms with Gasteiger partial charge in [0, 0.05) is 23.2 Å². The van der Waals surface area contributed by atoms with Gasteiger partial charge in [-0.15, -0.1) is 11.3 Å². The highest BCUT2D eigenvalue weighted by atomic mass is 32.1. The maximum absolute atomic E-state index is 12.2. The monoisotopic (exact) mass is 346 g/mol. The Morgan fingerprint density at radius 1 is 1.25 bits per heavy atom. The number of fused-ring (bicyclic) bond motifs is 1. The van der Waals surface area contributed by atoms with Gasteiger partial charge in [0.1, 0.15) is 5.83 Å². The van der Waals surface area contributed by atoms with Crippen molar-refractivity contribution in [3.8, 4) is 0 Å². The summed E-state index contributed by atoms with van der Waals surface area (Å²) in [4.78, 5) is 5.61. The van der Waals surface area contributed by atoms with Gasteiger partial charge in [-0.3, -0.25) is 0 Å². The van der Waals surface area contributed by atoms with Crippen LogP contribution in [0.5, 0.6) is 0 Å². The zero-order valence-electron chi connectivity index (χ0n) is 15.1. The average molecular weight is 347 g/mol. The molecule has 4 heteroatoms. The number of hydrogen-bond donors (Lipinski definition) is 0. The molecule has 0 aliphatic carbocycles. The molecule has 0 saturated carbocycles. The lowest BCUT2D eigenvalue weighted by molar-refractivity contribution is 0.414. The second-order valence-corrected chi connectivity index (χ2v) is 7.41. The second-order valence-electron chi connectivity index (χ2n) is 6.28. The molecule has 1 aromatic carbocycles. The van der Waals surface area contributed by atoms with Crippen LogP contribution in [0.15, 0.2) is 48.4 Å². The Labute approximate surface area is 148 Å². The van der Waals surface area contributed by atoms with Gasteiger partial charge in [-0.05, 0) is 62.3 Å². The van der Waals surface area contributed by atoms with E-state index in [4.69, 9.17) is 0 Å². The summed E-state index contributed by atoms with van der Waals surface area (Å²) in [5.74, 6) is -0.0741. The summed E-state index contributed by atoms with van der Waals surface area (Å²) in [5, 5.41) is 1.46. The van der Waals surface area contributed by atoms with Gasteiger partial charge in [-0.1, -0.05) is 25.1 Å². The number of allylic oxidation sites excluding steroid dienone is 2. The zero-order chi connectivity index (χ0) is 17.5. The molecule has 1 aliphatic rings. The highest BCUT2D eigenvalue weighted by Gasteiger charge is 2.09. The number of halogens is 1. The van der Waals surface area contributed by atoms with Gasteiger partial charge in [0.2, 0.25) is 0 Å². The third-order valence-corrected chi connectivity index (χ3v) is 5.21. The van der Waals surface area contributed by atoms with Crippen molar-refractivity contribution < 1.29 is 4.39 Å². The topological polar surface area (TPSA) is 6.48 Å². The summed E-state index contributed by atoms with van der Waals surface area (Å²) >= 11 is 1.96. The number of nitrogens with zero attached hydrogens (tertiary/aromatic N) is 2. The molecule has 3 rings (SSSR count). The molecule has 0 bridgehead atoms. The van der Waals surface area contributed by atoms with E-state index >= 15 is 0 Å². The summed E-state index contributed by atoms with van der Waals surface area (Å²) in [5.41, 5.74) is 1.56. The third-order valence-electron chi connectivity index (χ3n) is 3.94. The Bertz CT molecular complexity index is 715. The van der Waals surface area contributed by atoms with Crippen LogP contribution in [0.2, 0.25) is 0 Å². The molecule has 24 heavy (non-hydrogen) atoms. The number of aryl methyl sites for hydroxylation is 1. The minimum absolute atomic E-state index is 0.0741.